The fourth-order valence-corrected chi connectivity index (χ4v) is 7.56. The molecule has 1 fully saturated rings. The molecule has 1 aromatic rings. The van der Waals surface area contributed by atoms with Gasteiger partial charge in [0.1, 0.15) is 0 Å². The van der Waals surface area contributed by atoms with Gasteiger partial charge in [0.2, 0.25) is 10.0 Å². The van der Waals surface area contributed by atoms with Crippen LogP contribution >= 0.6 is 27.3 Å². The molecule has 0 bridgehead atoms. The molecule has 1 aromatic heterocycles. The van der Waals surface area contributed by atoms with Crippen LogP contribution in [0.5, 0.6) is 0 Å². The number of aryl methyl sites for hydroxylation is 1. The van der Waals surface area contributed by atoms with E-state index in [0.29, 0.717) is 4.90 Å². The van der Waals surface area contributed by atoms with E-state index >= 15 is 0 Å². The van der Waals surface area contributed by atoms with Crippen LogP contribution in [-0.2, 0) is 10.0 Å². The Balaban J connectivity index is 2.22. The van der Waals surface area contributed by atoms with E-state index in [1.807, 2.05) is 6.92 Å². The fraction of sp³-hybridized carbons (Fsp3) is 0.733. The van der Waals surface area contributed by atoms with Gasteiger partial charge in [-0.3, -0.25) is 0 Å². The largest absolute Gasteiger partial charge is 0.241 e. The van der Waals surface area contributed by atoms with E-state index in [0.717, 1.165) is 27.9 Å². The number of sulfonamides is 1. The predicted molar refractivity (Wildman–Crippen MR) is 92.3 cm³/mol. The SMILES string of the molecule is Cc1sc(Br)cc1S(=O)(=O)NC1CC(C)(C)CC(C)(C)C1. The molecule has 120 valence electrons. The van der Waals surface area contributed by atoms with Crippen molar-refractivity contribution in [3.8, 4) is 0 Å². The highest BCUT2D eigenvalue weighted by Crippen LogP contribution is 2.46. The molecule has 0 unspecified atom stereocenters. The van der Waals surface area contributed by atoms with Crippen molar-refractivity contribution < 1.29 is 8.42 Å². The Labute approximate surface area is 140 Å². The first kappa shape index (κ1) is 17.4. The smallest absolute Gasteiger partial charge is 0.208 e. The van der Waals surface area contributed by atoms with Gasteiger partial charge in [-0.1, -0.05) is 27.7 Å². The highest BCUT2D eigenvalue weighted by atomic mass is 79.9. The molecule has 1 N–H and O–H groups in total. The van der Waals surface area contributed by atoms with Crippen LogP contribution in [0, 0.1) is 17.8 Å². The monoisotopic (exact) mass is 393 g/mol. The van der Waals surface area contributed by atoms with Crippen LogP contribution in [0.15, 0.2) is 14.7 Å². The Morgan fingerprint density at radius 1 is 1.24 bits per heavy atom. The molecule has 0 amide bonds. The molecular formula is C15H24BrNO2S2. The van der Waals surface area contributed by atoms with Crippen molar-refractivity contribution >= 4 is 37.3 Å². The summed E-state index contributed by atoms with van der Waals surface area (Å²) in [5.74, 6) is 0. The van der Waals surface area contributed by atoms with Crippen LogP contribution in [0.1, 0.15) is 51.8 Å². The molecule has 21 heavy (non-hydrogen) atoms. The van der Waals surface area contributed by atoms with Crippen LogP contribution in [0.2, 0.25) is 0 Å². The molecule has 0 aliphatic heterocycles. The molecule has 0 spiro atoms. The summed E-state index contributed by atoms with van der Waals surface area (Å²) in [5.41, 5.74) is 0.332. The summed E-state index contributed by atoms with van der Waals surface area (Å²) in [5, 5.41) is 0. The summed E-state index contributed by atoms with van der Waals surface area (Å²) in [6, 6.07) is 1.70. The average molecular weight is 394 g/mol. The van der Waals surface area contributed by atoms with Crippen molar-refractivity contribution in [2.45, 2.75) is 64.8 Å². The maximum absolute atomic E-state index is 12.6. The molecule has 6 heteroatoms. The number of thiophene rings is 1. The molecule has 2 rings (SSSR count). The van der Waals surface area contributed by atoms with Gasteiger partial charge in [0.15, 0.2) is 0 Å². The van der Waals surface area contributed by atoms with Gasteiger partial charge in [0.05, 0.1) is 8.68 Å². The first-order valence-corrected chi connectivity index (χ1v) is 10.3. The third-order valence-corrected chi connectivity index (χ3v) is 7.34. The Bertz CT molecular complexity index is 616. The first-order valence-electron chi connectivity index (χ1n) is 7.19. The Kier molecular flexibility index (Phi) is 4.67. The fourth-order valence-electron chi connectivity index (χ4n) is 3.91. The average Bonchev–Trinajstić information content (AvgIpc) is 2.52. The molecule has 3 nitrogen and oxygen atoms in total. The molecule has 0 aromatic carbocycles. The van der Waals surface area contributed by atoms with E-state index in [1.54, 1.807) is 6.07 Å². The number of hydrogen-bond donors (Lipinski definition) is 1. The number of nitrogens with one attached hydrogen (secondary N) is 1. The second-order valence-electron chi connectivity index (χ2n) is 7.70. The van der Waals surface area contributed by atoms with Gasteiger partial charge >= 0.3 is 0 Å². The summed E-state index contributed by atoms with van der Waals surface area (Å²) in [6.07, 6.45) is 2.90. The van der Waals surface area contributed by atoms with Crippen LogP contribution in [-0.4, -0.2) is 14.5 Å². The van der Waals surface area contributed by atoms with Crippen molar-refractivity contribution in [2.24, 2.45) is 10.8 Å². The van der Waals surface area contributed by atoms with Gasteiger partial charge in [0, 0.05) is 10.9 Å². The van der Waals surface area contributed by atoms with E-state index in [-0.39, 0.29) is 16.9 Å². The van der Waals surface area contributed by atoms with Gasteiger partial charge in [-0.2, -0.15) is 0 Å². The molecule has 1 aliphatic rings. The lowest BCUT2D eigenvalue weighted by molar-refractivity contribution is 0.0934. The molecule has 0 radical (unpaired) electrons. The van der Waals surface area contributed by atoms with Crippen molar-refractivity contribution in [3.05, 3.63) is 14.7 Å². The van der Waals surface area contributed by atoms with Crippen LogP contribution in [0.3, 0.4) is 0 Å². The molecule has 0 atom stereocenters. The highest BCUT2D eigenvalue weighted by Gasteiger charge is 2.40. The quantitative estimate of drug-likeness (QED) is 0.808. The van der Waals surface area contributed by atoms with Crippen molar-refractivity contribution in [3.63, 3.8) is 0 Å². The van der Waals surface area contributed by atoms with Gasteiger partial charge < -0.3 is 0 Å². The van der Waals surface area contributed by atoms with Gasteiger partial charge in [-0.05, 0) is 59.0 Å². The second kappa shape index (κ2) is 5.62. The Morgan fingerprint density at radius 2 is 1.76 bits per heavy atom. The lowest BCUT2D eigenvalue weighted by Gasteiger charge is -2.45. The summed E-state index contributed by atoms with van der Waals surface area (Å²) in [6.45, 7) is 10.7. The minimum absolute atomic E-state index is 0.00632. The number of rotatable bonds is 3. The maximum Gasteiger partial charge on any atom is 0.241 e. The van der Waals surface area contributed by atoms with Crippen LogP contribution in [0.4, 0.5) is 0 Å². The Hall–Kier alpha value is 0.0900. The molecular weight excluding hydrogens is 370 g/mol. The molecule has 1 aliphatic carbocycles. The Morgan fingerprint density at radius 3 is 2.19 bits per heavy atom. The summed E-state index contributed by atoms with van der Waals surface area (Å²) >= 11 is 4.82. The third-order valence-electron chi connectivity index (χ3n) is 4.01. The van der Waals surface area contributed by atoms with E-state index in [4.69, 9.17) is 0 Å². The zero-order chi connectivity index (χ0) is 16.1. The molecule has 1 heterocycles. The van der Waals surface area contributed by atoms with Crippen LogP contribution < -0.4 is 4.72 Å². The maximum atomic E-state index is 12.6. The number of hydrogen-bond acceptors (Lipinski definition) is 3. The van der Waals surface area contributed by atoms with Gasteiger partial charge in [-0.25, -0.2) is 13.1 Å². The van der Waals surface area contributed by atoms with Crippen LogP contribution in [0.25, 0.3) is 0 Å². The van der Waals surface area contributed by atoms with Crippen molar-refractivity contribution in [1.29, 1.82) is 0 Å². The lowest BCUT2D eigenvalue weighted by Crippen LogP contribution is -2.45. The van der Waals surface area contributed by atoms with Crippen molar-refractivity contribution in [2.75, 3.05) is 0 Å². The zero-order valence-corrected chi connectivity index (χ0v) is 16.5. The third kappa shape index (κ3) is 4.30. The van der Waals surface area contributed by atoms with E-state index < -0.39 is 10.0 Å². The summed E-state index contributed by atoms with van der Waals surface area (Å²) in [4.78, 5) is 1.23. The van der Waals surface area contributed by atoms with E-state index in [1.165, 1.54) is 11.3 Å². The predicted octanol–water partition coefficient (Wildman–Crippen LogP) is 4.70. The topological polar surface area (TPSA) is 46.2 Å². The lowest BCUT2D eigenvalue weighted by atomic mass is 9.64. The highest BCUT2D eigenvalue weighted by molar-refractivity contribution is 9.11. The second-order valence-corrected chi connectivity index (χ2v) is 12.0. The van der Waals surface area contributed by atoms with Gasteiger partial charge in [-0.15, -0.1) is 11.3 Å². The minimum atomic E-state index is -3.44. The van der Waals surface area contributed by atoms with E-state index in [2.05, 4.69) is 48.3 Å². The minimum Gasteiger partial charge on any atom is -0.208 e. The summed E-state index contributed by atoms with van der Waals surface area (Å²) in [7, 11) is -3.44. The van der Waals surface area contributed by atoms with Gasteiger partial charge in [0.25, 0.3) is 0 Å². The first-order chi connectivity index (χ1) is 9.40. The summed E-state index contributed by atoms with van der Waals surface area (Å²) < 4.78 is 29.0. The van der Waals surface area contributed by atoms with Crippen molar-refractivity contribution in [1.82, 2.24) is 4.72 Å². The zero-order valence-electron chi connectivity index (χ0n) is 13.3. The molecule has 0 saturated heterocycles. The molecule has 1 saturated carbocycles. The van der Waals surface area contributed by atoms with E-state index in [9.17, 15) is 8.42 Å². The number of halogens is 1. The normalized spacial score (nSPS) is 22.4. The standard InChI is InChI=1S/C15H24BrNO2S2/c1-10-12(6-13(16)20-10)21(18,19)17-11-7-14(2,3)9-15(4,5)8-11/h6,11,17H,7-9H2,1-5H3.